The number of urea groups is 1. The van der Waals surface area contributed by atoms with Crippen LogP contribution in [0.3, 0.4) is 0 Å². The summed E-state index contributed by atoms with van der Waals surface area (Å²) in [5.41, 5.74) is 6.65. The van der Waals surface area contributed by atoms with Crippen molar-refractivity contribution in [3.8, 4) is 0 Å². The number of anilines is 1. The predicted molar refractivity (Wildman–Crippen MR) is 146 cm³/mol. The van der Waals surface area contributed by atoms with E-state index in [1.807, 2.05) is 0 Å². The van der Waals surface area contributed by atoms with Crippen molar-refractivity contribution >= 4 is 52.1 Å². The Bertz CT molecular complexity index is 1490. The van der Waals surface area contributed by atoms with E-state index in [4.69, 9.17) is 22.1 Å². The molecule has 210 valence electrons. The van der Waals surface area contributed by atoms with Crippen LogP contribution in [-0.2, 0) is 16.1 Å². The number of halogens is 2. The lowest BCUT2D eigenvalue weighted by atomic mass is 10.1. The maximum absolute atomic E-state index is 14.8. The number of amides is 5. The van der Waals surface area contributed by atoms with Gasteiger partial charge in [-0.2, -0.15) is 0 Å². The van der Waals surface area contributed by atoms with Crippen LogP contribution in [0.25, 0.3) is 10.9 Å². The molecule has 3 heterocycles. The number of carbonyl (C=O) groups is 4. The number of para-hydroxylation sites is 1. The van der Waals surface area contributed by atoms with E-state index in [1.54, 1.807) is 29.2 Å². The minimum Gasteiger partial charge on any atom is -0.378 e. The normalized spacial score (nSPS) is 17.2. The summed E-state index contributed by atoms with van der Waals surface area (Å²) in [4.78, 5) is 54.0. The number of benzene rings is 2. The van der Waals surface area contributed by atoms with E-state index in [0.717, 1.165) is 0 Å². The number of morpholine rings is 1. The number of fused-ring (bicyclic) bond motifs is 1. The highest BCUT2D eigenvalue weighted by molar-refractivity contribution is 6.31. The van der Waals surface area contributed by atoms with Gasteiger partial charge >= 0.3 is 12.1 Å². The molecule has 5 rings (SSSR count). The second-order valence-corrected chi connectivity index (χ2v) is 10.0. The molecule has 0 bridgehead atoms. The maximum Gasteiger partial charge on any atom is 0.323 e. The summed E-state index contributed by atoms with van der Waals surface area (Å²) in [5, 5.41) is 5.86. The number of nitrogens with zero attached hydrogens (tertiary/aromatic N) is 3. The number of primary amides is 1. The van der Waals surface area contributed by atoms with Gasteiger partial charge in [0.15, 0.2) is 0 Å². The molecule has 40 heavy (non-hydrogen) atoms. The summed E-state index contributed by atoms with van der Waals surface area (Å²) in [7, 11) is 0. The zero-order valence-corrected chi connectivity index (χ0v) is 22.2. The van der Waals surface area contributed by atoms with Gasteiger partial charge in [0.1, 0.15) is 11.9 Å². The molecule has 0 spiro atoms. The van der Waals surface area contributed by atoms with E-state index in [9.17, 15) is 23.6 Å². The summed E-state index contributed by atoms with van der Waals surface area (Å²) in [6, 6.07) is 7.62. The number of nitrogens with two attached hydrogens (primary N) is 1. The van der Waals surface area contributed by atoms with Crippen molar-refractivity contribution in [1.82, 2.24) is 19.7 Å². The molecule has 1 atom stereocenters. The molecule has 2 fully saturated rings. The van der Waals surface area contributed by atoms with Crippen LogP contribution in [0, 0.1) is 5.82 Å². The molecule has 0 unspecified atom stereocenters. The van der Waals surface area contributed by atoms with Crippen molar-refractivity contribution < 1.29 is 28.3 Å². The highest BCUT2D eigenvalue weighted by Crippen LogP contribution is 2.28. The lowest BCUT2D eigenvalue weighted by Crippen LogP contribution is -2.47. The number of hydrogen-bond donors (Lipinski definition) is 3. The summed E-state index contributed by atoms with van der Waals surface area (Å²) in [6.07, 6.45) is 2.45. The maximum atomic E-state index is 14.8. The molecule has 5 amide bonds. The first-order valence-corrected chi connectivity index (χ1v) is 13.2. The first-order valence-electron chi connectivity index (χ1n) is 12.8. The van der Waals surface area contributed by atoms with Crippen LogP contribution >= 0.6 is 11.6 Å². The minimum absolute atomic E-state index is 0.0609. The Morgan fingerprint density at radius 2 is 1.85 bits per heavy atom. The average Bonchev–Trinajstić information content (AvgIpc) is 3.59. The molecule has 2 aliphatic rings. The molecule has 13 heteroatoms. The zero-order valence-electron chi connectivity index (χ0n) is 21.5. The Morgan fingerprint density at radius 3 is 2.60 bits per heavy atom. The molecule has 2 saturated heterocycles. The Balaban J connectivity index is 1.27. The predicted octanol–water partition coefficient (Wildman–Crippen LogP) is 3.15. The molecular weight excluding hydrogens is 543 g/mol. The Kier molecular flexibility index (Phi) is 7.90. The van der Waals surface area contributed by atoms with Crippen LogP contribution in [-0.4, -0.2) is 77.1 Å². The third kappa shape index (κ3) is 5.45. The molecule has 0 aliphatic carbocycles. The lowest BCUT2D eigenvalue weighted by Gasteiger charge is -2.27. The largest absolute Gasteiger partial charge is 0.378 e. The molecule has 3 aromatic rings. The molecule has 1 aromatic heterocycles. The first-order chi connectivity index (χ1) is 19.2. The van der Waals surface area contributed by atoms with Gasteiger partial charge in [-0.3, -0.25) is 14.2 Å². The summed E-state index contributed by atoms with van der Waals surface area (Å²) in [5.74, 6) is -1.49. The summed E-state index contributed by atoms with van der Waals surface area (Å²) < 4.78 is 21.3. The standard InChI is InChI=1S/C27H28ClFN6O5/c28-19-13-16(25(37)33-8-10-40-11-9-33)12-17(23(19)29)14-31-24(36)22-6-3-7-34(22)27(39)32-20-15-35(26(30)38)21-5-2-1-4-18(20)21/h1-2,4-5,12-13,15,22H,3,6-11,14H2,(H2,30,38)(H,31,36)(H,32,39)/t22-/m0/s1. The molecular formula is C27H28ClFN6O5. The van der Waals surface area contributed by atoms with Crippen LogP contribution in [0.2, 0.25) is 5.02 Å². The molecule has 0 radical (unpaired) electrons. The van der Waals surface area contributed by atoms with Crippen molar-refractivity contribution in [1.29, 1.82) is 0 Å². The molecule has 4 N–H and O–H groups in total. The fourth-order valence-electron chi connectivity index (χ4n) is 5.08. The number of nitrogens with one attached hydrogen (secondary N) is 2. The minimum atomic E-state index is -0.791. The SMILES string of the molecule is NC(=O)n1cc(NC(=O)N2CCC[C@H]2C(=O)NCc2cc(C(=O)N3CCOCC3)cc(Cl)c2F)c2ccccc21. The van der Waals surface area contributed by atoms with E-state index in [2.05, 4.69) is 10.6 Å². The first kappa shape index (κ1) is 27.4. The second-order valence-electron chi connectivity index (χ2n) is 9.60. The zero-order chi connectivity index (χ0) is 28.4. The van der Waals surface area contributed by atoms with E-state index in [1.165, 1.54) is 27.8 Å². The van der Waals surface area contributed by atoms with Gasteiger partial charge in [-0.05, 0) is 31.0 Å². The summed E-state index contributed by atoms with van der Waals surface area (Å²) >= 11 is 6.07. The monoisotopic (exact) mass is 570 g/mol. The number of rotatable bonds is 5. The van der Waals surface area contributed by atoms with E-state index in [-0.39, 0.29) is 28.6 Å². The van der Waals surface area contributed by atoms with Gasteiger partial charge in [0.2, 0.25) is 5.91 Å². The number of aromatic nitrogens is 1. The lowest BCUT2D eigenvalue weighted by molar-refractivity contribution is -0.124. The molecule has 2 aliphatic heterocycles. The van der Waals surface area contributed by atoms with Crippen LogP contribution < -0.4 is 16.4 Å². The average molecular weight is 571 g/mol. The quantitative estimate of drug-likeness (QED) is 0.432. The van der Waals surface area contributed by atoms with Gasteiger partial charge in [-0.15, -0.1) is 0 Å². The highest BCUT2D eigenvalue weighted by atomic mass is 35.5. The van der Waals surface area contributed by atoms with Gasteiger partial charge < -0.3 is 30.9 Å². The van der Waals surface area contributed by atoms with E-state index >= 15 is 0 Å². The Labute approximate surface area is 234 Å². The third-order valence-electron chi connectivity index (χ3n) is 7.11. The topological polar surface area (TPSA) is 139 Å². The number of ether oxygens (including phenoxy) is 1. The fourth-order valence-corrected chi connectivity index (χ4v) is 5.32. The van der Waals surface area contributed by atoms with Crippen LogP contribution in [0.15, 0.2) is 42.6 Å². The van der Waals surface area contributed by atoms with Gasteiger partial charge in [-0.25, -0.2) is 14.0 Å². The van der Waals surface area contributed by atoms with Crippen molar-refractivity contribution in [3.63, 3.8) is 0 Å². The van der Waals surface area contributed by atoms with Gasteiger partial charge in [0, 0.05) is 48.9 Å². The molecule has 2 aromatic carbocycles. The van der Waals surface area contributed by atoms with Crippen molar-refractivity contribution in [3.05, 3.63) is 64.6 Å². The van der Waals surface area contributed by atoms with E-state index in [0.29, 0.717) is 62.3 Å². The van der Waals surface area contributed by atoms with Gasteiger partial charge in [0.05, 0.1) is 29.4 Å². The van der Waals surface area contributed by atoms with Crippen LogP contribution in [0.1, 0.15) is 28.8 Å². The highest BCUT2D eigenvalue weighted by Gasteiger charge is 2.34. The number of carbonyl (C=O) groups excluding carboxylic acids is 4. The van der Waals surface area contributed by atoms with Crippen molar-refractivity contribution in [2.75, 3.05) is 38.2 Å². The molecule has 0 saturated carbocycles. The van der Waals surface area contributed by atoms with Crippen LogP contribution in [0.5, 0.6) is 0 Å². The van der Waals surface area contributed by atoms with Gasteiger partial charge in [-0.1, -0.05) is 29.8 Å². The summed E-state index contributed by atoms with van der Waals surface area (Å²) in [6.45, 7) is 1.80. The number of likely N-dealkylation sites (tertiary alicyclic amines) is 1. The number of hydrogen-bond acceptors (Lipinski definition) is 5. The fraction of sp³-hybridized carbons (Fsp3) is 0.333. The smallest absolute Gasteiger partial charge is 0.323 e. The second kappa shape index (κ2) is 11.5. The third-order valence-corrected chi connectivity index (χ3v) is 7.38. The Morgan fingerprint density at radius 1 is 1.10 bits per heavy atom. The van der Waals surface area contributed by atoms with E-state index < -0.39 is 29.8 Å². The Hall–Kier alpha value is -4.16. The molecule has 11 nitrogen and oxygen atoms in total. The van der Waals surface area contributed by atoms with Crippen LogP contribution in [0.4, 0.5) is 19.7 Å². The van der Waals surface area contributed by atoms with Gasteiger partial charge in [0.25, 0.3) is 5.91 Å². The van der Waals surface area contributed by atoms with Crippen molar-refractivity contribution in [2.45, 2.75) is 25.4 Å². The van der Waals surface area contributed by atoms with Crippen molar-refractivity contribution in [2.24, 2.45) is 5.73 Å².